The summed E-state index contributed by atoms with van der Waals surface area (Å²) < 4.78 is 16.3. The summed E-state index contributed by atoms with van der Waals surface area (Å²) in [6.45, 7) is 0. The first-order valence-electron chi connectivity index (χ1n) is 11.4. The SMILES string of the molecule is BC(B)(B)C[C@](B)(Nc1ncnc2[nH]cnc12)c1nc2cccc(F)c2c(=O)n1-c1ccccc1. The molecule has 0 saturated heterocycles. The van der Waals surface area contributed by atoms with Crippen LogP contribution in [0.5, 0.6) is 0 Å². The zero-order valence-electron chi connectivity index (χ0n) is 20.0. The van der Waals surface area contributed by atoms with Crippen LogP contribution >= 0.6 is 0 Å². The lowest BCUT2D eigenvalue weighted by Crippen LogP contribution is -2.45. The van der Waals surface area contributed by atoms with Crippen molar-refractivity contribution >= 4 is 59.3 Å². The van der Waals surface area contributed by atoms with Gasteiger partial charge in [0.2, 0.25) is 0 Å². The van der Waals surface area contributed by atoms with E-state index in [0.717, 1.165) is 0 Å². The van der Waals surface area contributed by atoms with E-state index < -0.39 is 16.8 Å². The van der Waals surface area contributed by atoms with Crippen molar-refractivity contribution in [2.75, 3.05) is 5.32 Å². The Balaban J connectivity index is 1.83. The highest BCUT2D eigenvalue weighted by Gasteiger charge is 2.37. The number of hydrogen-bond donors (Lipinski definition) is 2. The highest BCUT2D eigenvalue weighted by atomic mass is 19.1. The number of imidazole rings is 1. The van der Waals surface area contributed by atoms with Gasteiger partial charge in [0, 0.05) is 0 Å². The summed E-state index contributed by atoms with van der Waals surface area (Å²) in [5.41, 5.74) is 0.700. The topological polar surface area (TPSA) is 101 Å². The van der Waals surface area contributed by atoms with E-state index in [9.17, 15) is 9.18 Å². The van der Waals surface area contributed by atoms with E-state index in [1.807, 2.05) is 38.2 Å². The molecule has 0 bridgehead atoms. The Kier molecular flexibility index (Phi) is 5.50. The Hall–Kier alpha value is -3.88. The lowest BCUT2D eigenvalue weighted by atomic mass is 9.38. The number of rotatable bonds is 6. The highest BCUT2D eigenvalue weighted by molar-refractivity contribution is 6.59. The molecule has 3 aromatic heterocycles. The third-order valence-corrected chi connectivity index (χ3v) is 5.85. The van der Waals surface area contributed by atoms with Gasteiger partial charge in [-0.3, -0.25) is 9.36 Å². The summed E-state index contributed by atoms with van der Waals surface area (Å²) in [6, 6.07) is 13.7. The van der Waals surface area contributed by atoms with Crippen LogP contribution in [-0.4, -0.2) is 60.9 Å². The van der Waals surface area contributed by atoms with Gasteiger partial charge < -0.3 is 10.3 Å². The Bertz CT molecular complexity index is 1600. The second-order valence-corrected chi connectivity index (χ2v) is 10.1. The maximum atomic E-state index is 14.8. The number of fused-ring (bicyclic) bond motifs is 2. The molecule has 13 heteroatoms. The van der Waals surface area contributed by atoms with E-state index in [1.165, 1.54) is 17.0 Å². The quantitative estimate of drug-likeness (QED) is 0.329. The van der Waals surface area contributed by atoms with Crippen LogP contribution in [0.4, 0.5) is 10.2 Å². The number of nitrogens with zero attached hydrogens (tertiary/aromatic N) is 5. The molecule has 0 spiro atoms. The van der Waals surface area contributed by atoms with Crippen molar-refractivity contribution < 1.29 is 4.39 Å². The number of H-pyrrole nitrogens is 1. The Morgan fingerprint density at radius 3 is 2.51 bits per heavy atom. The largest absolute Gasteiger partial charge is 0.363 e. The summed E-state index contributed by atoms with van der Waals surface area (Å²) in [7, 11) is 8.32. The minimum Gasteiger partial charge on any atom is -0.363 e. The van der Waals surface area contributed by atoms with Gasteiger partial charge in [0.1, 0.15) is 36.7 Å². The zero-order valence-corrected chi connectivity index (χ0v) is 20.0. The van der Waals surface area contributed by atoms with Gasteiger partial charge in [-0.25, -0.2) is 24.3 Å². The fourth-order valence-electron chi connectivity index (χ4n) is 4.73. The summed E-state index contributed by atoms with van der Waals surface area (Å²) in [4.78, 5) is 34.7. The highest BCUT2D eigenvalue weighted by Crippen LogP contribution is 2.35. The molecule has 0 radical (unpaired) electrons. The van der Waals surface area contributed by atoms with Crippen LogP contribution < -0.4 is 10.9 Å². The monoisotopic (exact) mass is 463 g/mol. The molecule has 1 atom stereocenters. The van der Waals surface area contributed by atoms with Crippen molar-refractivity contribution in [3.63, 3.8) is 0 Å². The molecule has 2 N–H and O–H groups in total. The second-order valence-electron chi connectivity index (χ2n) is 10.1. The summed E-state index contributed by atoms with van der Waals surface area (Å²) in [6.07, 6.45) is 3.59. The Morgan fingerprint density at radius 2 is 1.77 bits per heavy atom. The van der Waals surface area contributed by atoms with Crippen LogP contribution in [0.1, 0.15) is 12.2 Å². The van der Waals surface area contributed by atoms with Crippen LogP contribution in [0.25, 0.3) is 27.8 Å². The van der Waals surface area contributed by atoms with E-state index in [2.05, 4.69) is 48.8 Å². The maximum Gasteiger partial charge on any atom is 0.269 e. The molecular weight excluding hydrogens is 441 g/mol. The fourth-order valence-corrected chi connectivity index (χ4v) is 4.73. The van der Waals surface area contributed by atoms with Crippen molar-refractivity contribution in [2.24, 2.45) is 0 Å². The Labute approximate surface area is 204 Å². The lowest BCUT2D eigenvalue weighted by molar-refractivity contribution is 0.565. The summed E-state index contributed by atoms with van der Waals surface area (Å²) in [5, 5.41) is 3.31. The molecule has 0 unspecified atom stereocenters. The first kappa shape index (κ1) is 22.9. The molecule has 0 amide bonds. The van der Waals surface area contributed by atoms with Gasteiger partial charge in [-0.1, -0.05) is 24.3 Å². The van der Waals surface area contributed by atoms with Gasteiger partial charge >= 0.3 is 0 Å². The van der Waals surface area contributed by atoms with Gasteiger partial charge in [-0.15, -0.1) is 5.11 Å². The van der Waals surface area contributed by atoms with Crippen LogP contribution in [0.2, 0.25) is 5.11 Å². The van der Waals surface area contributed by atoms with Crippen molar-refractivity contribution in [1.29, 1.82) is 0 Å². The predicted molar refractivity (Wildman–Crippen MR) is 146 cm³/mol. The molecule has 5 rings (SSSR count). The minimum absolute atomic E-state index is 0.0464. The standard InChI is InChI=1S/C22H22B4FN7O/c23-21(9-22(24,25)26,33-18-16-17(29-10-28-16)30-11-31-18)20-32-14-8-4-7-13(27)15(14)19(35)34(20)12-5-2-1-3-6-12/h1-8,10-11H,9,23-26H2,(H2,28,29,30,31,33)/t21-/m0/s1. The number of aromatic amines is 1. The molecule has 35 heavy (non-hydrogen) atoms. The molecule has 170 valence electrons. The van der Waals surface area contributed by atoms with E-state index >= 15 is 0 Å². The smallest absolute Gasteiger partial charge is 0.269 e. The van der Waals surface area contributed by atoms with Crippen LogP contribution in [0.3, 0.4) is 0 Å². The van der Waals surface area contributed by atoms with Crippen LogP contribution in [0.15, 0.2) is 66.0 Å². The summed E-state index contributed by atoms with van der Waals surface area (Å²) in [5.74, 6) is 0.357. The molecule has 0 aliphatic rings. The van der Waals surface area contributed by atoms with Gasteiger partial charge in [0.25, 0.3) is 5.56 Å². The third-order valence-electron chi connectivity index (χ3n) is 5.85. The number of para-hydroxylation sites is 1. The number of halogens is 1. The first-order chi connectivity index (χ1) is 16.7. The van der Waals surface area contributed by atoms with Crippen LogP contribution in [0, 0.1) is 5.82 Å². The molecule has 8 nitrogen and oxygen atoms in total. The Morgan fingerprint density at radius 1 is 1.00 bits per heavy atom. The average Bonchev–Trinajstić information content (AvgIpc) is 3.28. The lowest BCUT2D eigenvalue weighted by Gasteiger charge is -2.38. The van der Waals surface area contributed by atoms with Crippen molar-refractivity contribution in [1.82, 2.24) is 29.5 Å². The number of hydrogen-bond acceptors (Lipinski definition) is 6. The van der Waals surface area contributed by atoms with E-state index in [0.29, 0.717) is 40.4 Å². The molecule has 2 aromatic carbocycles. The van der Waals surface area contributed by atoms with Gasteiger partial charge in [0.05, 0.1) is 46.5 Å². The maximum absolute atomic E-state index is 14.8. The van der Waals surface area contributed by atoms with Crippen LogP contribution in [-0.2, 0) is 5.44 Å². The molecular formula is C22H22B4FN7O. The van der Waals surface area contributed by atoms with Crippen molar-refractivity contribution in [3.8, 4) is 5.69 Å². The molecule has 5 aromatic rings. The van der Waals surface area contributed by atoms with Crippen molar-refractivity contribution in [2.45, 2.75) is 17.0 Å². The number of anilines is 1. The normalized spacial score (nSPS) is 13.6. The molecule has 0 aliphatic carbocycles. The number of benzene rings is 2. The predicted octanol–water partition coefficient (Wildman–Crippen LogP) is -0.548. The van der Waals surface area contributed by atoms with E-state index in [-0.39, 0.29) is 10.5 Å². The summed E-state index contributed by atoms with van der Waals surface area (Å²) >= 11 is 0. The molecule has 3 heterocycles. The average molecular weight is 463 g/mol. The van der Waals surface area contributed by atoms with E-state index in [4.69, 9.17) is 4.98 Å². The second kappa shape index (κ2) is 8.41. The van der Waals surface area contributed by atoms with E-state index in [1.54, 1.807) is 18.5 Å². The van der Waals surface area contributed by atoms with Gasteiger partial charge in [0.15, 0.2) is 11.5 Å². The minimum atomic E-state index is -0.895. The molecule has 0 saturated carbocycles. The third kappa shape index (κ3) is 4.22. The van der Waals surface area contributed by atoms with Gasteiger partial charge in [-0.05, 0) is 30.7 Å². The van der Waals surface area contributed by atoms with Crippen molar-refractivity contribution in [3.05, 3.63) is 83.2 Å². The fraction of sp³-hybridized carbons (Fsp3) is 0.136. The van der Waals surface area contributed by atoms with Gasteiger partial charge in [-0.2, -0.15) is 0 Å². The number of nitrogens with one attached hydrogen (secondary N) is 2. The molecule has 0 aliphatic heterocycles. The first-order valence-corrected chi connectivity index (χ1v) is 11.4. The molecule has 0 fully saturated rings. The number of aromatic nitrogens is 6. The zero-order chi connectivity index (χ0) is 24.8.